The van der Waals surface area contributed by atoms with Crippen LogP contribution in [0.1, 0.15) is 147 Å². The first-order valence-electron chi connectivity index (χ1n) is 29.6. The van der Waals surface area contributed by atoms with Gasteiger partial charge < -0.3 is 40.2 Å². The van der Waals surface area contributed by atoms with Crippen molar-refractivity contribution in [2.24, 2.45) is 23.2 Å². The fourth-order valence-electron chi connectivity index (χ4n) is 12.7. The van der Waals surface area contributed by atoms with Crippen molar-refractivity contribution in [3.63, 3.8) is 0 Å². The molecule has 23 heteroatoms. The standard InChI is InChI=1S/C64H71Cl2F4N11O6/c1-63(2,3)31-51-64(35-71,44-19-16-41(65)30-46(44)67)53(43-9-6-10-45(66)54(43)68)56(77-51)59(83)74-47-20-15-40(28-50(47)86-5)62(85)80-26-22-36(23-27-80)8-7-25-79(4)61(84)38-13-17-42(18-14-38)81-33-48(55(78-81)57(69)70)75-58(82)49-34-87-60(76-49)39-21-24-72-52(29-39)73-32-37-11-12-37/h6,9-10,15-16,19-21,24,28-30,33-34,36-38,42,51,53,56-57,77H,7-8,11-14,17-18,22-23,25-27,31-32H2,1-5H3,(H,72,73)(H,74,83)(H,75,82)/t38?,42?,51-,53-,56?,64-/m0/s1. The van der Waals surface area contributed by atoms with Gasteiger partial charge in [-0.3, -0.25) is 23.9 Å². The van der Waals surface area contributed by atoms with Crippen LogP contribution in [0.25, 0.3) is 11.5 Å². The Morgan fingerprint density at radius 2 is 1.70 bits per heavy atom. The molecule has 0 spiro atoms. The number of carbonyl (C=O) groups is 4. The van der Waals surface area contributed by atoms with Crippen molar-refractivity contribution in [3.8, 4) is 23.3 Å². The molecule has 17 nitrogen and oxygen atoms in total. The zero-order valence-electron chi connectivity index (χ0n) is 49.2. The second kappa shape index (κ2) is 26.4. The van der Waals surface area contributed by atoms with E-state index < -0.39 is 64.4 Å². The summed E-state index contributed by atoms with van der Waals surface area (Å²) in [4.78, 5) is 67.9. The Morgan fingerprint density at radius 3 is 2.39 bits per heavy atom. The van der Waals surface area contributed by atoms with Crippen LogP contribution in [-0.2, 0) is 15.0 Å². The molecule has 3 aromatic heterocycles. The number of likely N-dealkylation sites (tertiary alicyclic amines) is 1. The molecule has 0 radical (unpaired) electrons. The zero-order valence-corrected chi connectivity index (χ0v) is 50.7. The smallest absolute Gasteiger partial charge is 0.284 e. The van der Waals surface area contributed by atoms with E-state index in [1.807, 2.05) is 20.8 Å². The molecule has 460 valence electrons. The van der Waals surface area contributed by atoms with Crippen LogP contribution in [0, 0.1) is 46.1 Å². The summed E-state index contributed by atoms with van der Waals surface area (Å²) < 4.78 is 73.9. The molecule has 3 aromatic carbocycles. The average molecular weight is 1240 g/mol. The molecule has 0 bridgehead atoms. The molecular weight excluding hydrogens is 1170 g/mol. The lowest BCUT2D eigenvalue weighted by molar-refractivity contribution is -0.135. The van der Waals surface area contributed by atoms with Crippen molar-refractivity contribution in [3.05, 3.63) is 135 Å². The summed E-state index contributed by atoms with van der Waals surface area (Å²) in [6, 6.07) is 16.4. The average Bonchev–Trinajstić information content (AvgIpc) is 1.67. The van der Waals surface area contributed by atoms with E-state index in [0.29, 0.717) is 74.1 Å². The summed E-state index contributed by atoms with van der Waals surface area (Å²) in [6.07, 6.45) is 9.24. The number of benzene rings is 3. The van der Waals surface area contributed by atoms with Crippen molar-refractivity contribution < 1.29 is 45.9 Å². The number of alkyl halides is 2. The fourth-order valence-corrected chi connectivity index (χ4v) is 13.0. The van der Waals surface area contributed by atoms with E-state index in [1.165, 1.54) is 67.4 Å². The third kappa shape index (κ3) is 13.9. The first kappa shape index (κ1) is 62.5. The third-order valence-electron chi connectivity index (χ3n) is 17.5. The van der Waals surface area contributed by atoms with Gasteiger partial charge in [0, 0.05) is 85.2 Å². The van der Waals surface area contributed by atoms with Crippen LogP contribution < -0.4 is 26.0 Å². The molecule has 87 heavy (non-hydrogen) atoms. The molecule has 2 aliphatic carbocycles. The lowest BCUT2D eigenvalue weighted by Crippen LogP contribution is -2.45. The van der Waals surface area contributed by atoms with Crippen molar-refractivity contribution in [1.29, 1.82) is 5.26 Å². The molecular formula is C64H71Cl2F4N11O6. The number of anilines is 3. The Balaban J connectivity index is 0.699. The minimum absolute atomic E-state index is 0.0324. The molecule has 4 fully saturated rings. The molecule has 5 heterocycles. The summed E-state index contributed by atoms with van der Waals surface area (Å²) in [6.45, 7) is 8.25. The van der Waals surface area contributed by atoms with E-state index in [4.69, 9.17) is 32.4 Å². The minimum Gasteiger partial charge on any atom is -0.495 e. The summed E-state index contributed by atoms with van der Waals surface area (Å²) in [7, 11) is 3.21. The van der Waals surface area contributed by atoms with E-state index in [9.17, 15) is 33.2 Å². The molecule has 4 N–H and O–H groups in total. The number of aromatic nitrogens is 4. The number of nitrogens with zero attached hydrogens (tertiary/aromatic N) is 7. The highest BCUT2D eigenvalue weighted by Gasteiger charge is 2.61. The van der Waals surface area contributed by atoms with E-state index in [2.05, 4.69) is 42.4 Å². The number of piperidine rings is 1. The molecule has 4 atom stereocenters. The molecule has 2 saturated heterocycles. The summed E-state index contributed by atoms with van der Waals surface area (Å²) in [5.41, 5.74) is -1.99. The summed E-state index contributed by atoms with van der Waals surface area (Å²) >= 11 is 12.5. The number of rotatable bonds is 20. The van der Waals surface area contributed by atoms with E-state index in [1.54, 1.807) is 53.4 Å². The van der Waals surface area contributed by atoms with Gasteiger partial charge in [-0.25, -0.2) is 27.5 Å². The van der Waals surface area contributed by atoms with Gasteiger partial charge in [0.05, 0.1) is 41.7 Å². The predicted octanol–water partition coefficient (Wildman–Crippen LogP) is 13.0. The number of oxazole rings is 1. The normalized spacial score (nSPS) is 21.6. The molecule has 4 aliphatic rings. The van der Waals surface area contributed by atoms with Crippen molar-refractivity contribution >= 4 is 64.0 Å². The second-order valence-electron chi connectivity index (χ2n) is 24.7. The van der Waals surface area contributed by atoms with Gasteiger partial charge in [0.15, 0.2) is 11.4 Å². The van der Waals surface area contributed by atoms with Crippen molar-refractivity contribution in [2.75, 3.05) is 56.3 Å². The van der Waals surface area contributed by atoms with Crippen LogP contribution in [-0.4, -0.2) is 106 Å². The minimum atomic E-state index is -2.95. The lowest BCUT2D eigenvalue weighted by atomic mass is 9.62. The first-order chi connectivity index (χ1) is 41.6. The fraction of sp³-hybridized carbons (Fsp3) is 0.469. The molecule has 4 amide bonds. The molecule has 2 saturated carbocycles. The molecule has 1 unspecified atom stereocenters. The van der Waals surface area contributed by atoms with Crippen molar-refractivity contribution in [2.45, 2.75) is 127 Å². The number of methoxy groups -OCH3 is 1. The van der Waals surface area contributed by atoms with Crippen molar-refractivity contribution in [1.82, 2.24) is 34.9 Å². The number of carbonyl (C=O) groups excluding carboxylic acids is 4. The zero-order chi connectivity index (χ0) is 61.9. The first-order valence-corrected chi connectivity index (χ1v) is 30.3. The largest absolute Gasteiger partial charge is 0.495 e. The number of hydrogen-bond acceptors (Lipinski definition) is 12. The molecule has 2 aliphatic heterocycles. The van der Waals surface area contributed by atoms with Gasteiger partial charge in [0.2, 0.25) is 17.7 Å². The highest BCUT2D eigenvalue weighted by molar-refractivity contribution is 6.31. The lowest BCUT2D eigenvalue weighted by Gasteiger charge is -2.37. The van der Waals surface area contributed by atoms with E-state index >= 15 is 8.78 Å². The van der Waals surface area contributed by atoms with Crippen LogP contribution in [0.3, 0.4) is 0 Å². The van der Waals surface area contributed by atoms with Gasteiger partial charge in [-0.1, -0.05) is 62.2 Å². The van der Waals surface area contributed by atoms with Crippen LogP contribution in [0.2, 0.25) is 10.0 Å². The van der Waals surface area contributed by atoms with Gasteiger partial charge in [-0.15, -0.1) is 0 Å². The van der Waals surface area contributed by atoms with Gasteiger partial charge >= 0.3 is 0 Å². The number of pyridine rings is 1. The topological polar surface area (TPSA) is 213 Å². The van der Waals surface area contributed by atoms with E-state index in [0.717, 1.165) is 38.3 Å². The van der Waals surface area contributed by atoms with Crippen LogP contribution >= 0.6 is 23.2 Å². The number of ether oxygens (including phenoxy) is 1. The Hall–Kier alpha value is -7.54. The number of nitrogens with one attached hydrogen (secondary N) is 4. The summed E-state index contributed by atoms with van der Waals surface area (Å²) in [5.74, 6) is -2.71. The summed E-state index contributed by atoms with van der Waals surface area (Å²) in [5, 5.41) is 27.4. The number of nitriles is 1. The van der Waals surface area contributed by atoms with Crippen LogP contribution in [0.4, 0.5) is 34.8 Å². The number of hydrogen-bond donors (Lipinski definition) is 4. The predicted molar refractivity (Wildman–Crippen MR) is 322 cm³/mol. The molecule has 10 rings (SSSR count). The maximum absolute atomic E-state index is 16.3. The quantitative estimate of drug-likeness (QED) is 0.0526. The Bertz CT molecular complexity index is 3550. The number of halogens is 6. The monoisotopic (exact) mass is 1240 g/mol. The Kier molecular flexibility index (Phi) is 19.0. The highest BCUT2D eigenvalue weighted by atomic mass is 35.5. The van der Waals surface area contributed by atoms with Crippen LogP contribution in [0.5, 0.6) is 5.75 Å². The maximum atomic E-state index is 16.3. The third-order valence-corrected chi connectivity index (χ3v) is 18.0. The molecule has 6 aromatic rings. The van der Waals surface area contributed by atoms with Crippen LogP contribution in [0.15, 0.2) is 89.8 Å². The maximum Gasteiger partial charge on any atom is 0.284 e. The highest BCUT2D eigenvalue weighted by Crippen LogP contribution is 2.53. The van der Waals surface area contributed by atoms with Gasteiger partial charge in [-0.05, 0) is 142 Å². The van der Waals surface area contributed by atoms with E-state index in [-0.39, 0.29) is 80.1 Å². The van der Waals surface area contributed by atoms with Gasteiger partial charge in [-0.2, -0.15) is 10.4 Å². The van der Waals surface area contributed by atoms with Gasteiger partial charge in [0.25, 0.3) is 18.2 Å². The SMILES string of the molecule is COc1cc(C(=O)N2CCC(CCCN(C)C(=O)C3CCC(n4cc(NC(=O)c5coc(-c6ccnc(NCC7CC7)c6)n5)c(C(F)F)n4)CC3)CC2)ccc1NC(=O)C1N[C@@H](CC(C)(C)C)[C@](C#N)(c2ccc(Cl)cc2F)[C@H]1c1cccc(Cl)c1F. The number of amides is 4. The van der Waals surface area contributed by atoms with Gasteiger partial charge in [0.1, 0.15) is 34.9 Å². The Labute approximate surface area is 512 Å². The Morgan fingerprint density at radius 1 is 0.943 bits per heavy atom. The second-order valence-corrected chi connectivity index (χ2v) is 25.5.